The van der Waals surface area contributed by atoms with Gasteiger partial charge < -0.3 is 4.74 Å². The molecular weight excluding hydrogens is 196 g/mol. The Morgan fingerprint density at radius 2 is 1.75 bits per heavy atom. The van der Waals surface area contributed by atoms with E-state index in [0.29, 0.717) is 0 Å². The van der Waals surface area contributed by atoms with Crippen molar-refractivity contribution < 1.29 is 4.74 Å². The summed E-state index contributed by atoms with van der Waals surface area (Å²) >= 11 is 0. The third-order valence-corrected chi connectivity index (χ3v) is 2.46. The second-order valence-electron chi connectivity index (χ2n) is 3.43. The smallest absolute Gasteiger partial charge is 0.135 e. The van der Waals surface area contributed by atoms with E-state index in [1.807, 2.05) is 36.4 Å². The van der Waals surface area contributed by atoms with Crippen LogP contribution in [0.5, 0.6) is 5.75 Å². The molecule has 1 heteroatoms. The van der Waals surface area contributed by atoms with Crippen LogP contribution in [0, 0.1) is 12.3 Å². The molecular formula is C15H12O. The standard InChI is InChI=1S/C15H12O/c1-3-12-9-10-14(11-15(12)16-2)13-7-5-4-6-8-13/h1,4-11H,2H3. The van der Waals surface area contributed by atoms with Gasteiger partial charge in [0.25, 0.3) is 0 Å². The molecule has 0 fully saturated rings. The maximum absolute atomic E-state index is 5.38. The average Bonchev–Trinajstić information content (AvgIpc) is 2.39. The molecule has 0 unspecified atom stereocenters. The molecule has 78 valence electrons. The summed E-state index contributed by atoms with van der Waals surface area (Å²) in [7, 11) is 1.63. The Bertz CT molecular complexity index is 521. The van der Waals surface area contributed by atoms with E-state index in [9.17, 15) is 0 Å². The Hall–Kier alpha value is -2.20. The molecule has 1 nitrogen and oxygen atoms in total. The molecule has 0 aliphatic carbocycles. The number of terminal acetylenes is 1. The van der Waals surface area contributed by atoms with Gasteiger partial charge in [0.05, 0.1) is 12.7 Å². The first-order valence-electron chi connectivity index (χ1n) is 5.05. The monoisotopic (exact) mass is 208 g/mol. The van der Waals surface area contributed by atoms with Crippen LogP contribution in [0.15, 0.2) is 48.5 Å². The van der Waals surface area contributed by atoms with Crippen LogP contribution in [0.1, 0.15) is 5.56 Å². The van der Waals surface area contributed by atoms with E-state index in [2.05, 4.69) is 18.1 Å². The van der Waals surface area contributed by atoms with Crippen molar-refractivity contribution in [3.63, 3.8) is 0 Å². The quantitative estimate of drug-likeness (QED) is 0.688. The lowest BCUT2D eigenvalue weighted by Crippen LogP contribution is -1.88. The van der Waals surface area contributed by atoms with Gasteiger partial charge in [-0.1, -0.05) is 42.3 Å². The first kappa shape index (κ1) is 10.3. The van der Waals surface area contributed by atoms with Gasteiger partial charge in [-0.3, -0.25) is 0 Å². The van der Waals surface area contributed by atoms with Crippen molar-refractivity contribution in [2.75, 3.05) is 7.11 Å². The van der Waals surface area contributed by atoms with Crippen molar-refractivity contribution >= 4 is 0 Å². The van der Waals surface area contributed by atoms with Crippen LogP contribution < -0.4 is 4.74 Å². The molecule has 0 radical (unpaired) electrons. The average molecular weight is 208 g/mol. The first-order chi connectivity index (χ1) is 7.85. The van der Waals surface area contributed by atoms with Crippen LogP contribution in [0.2, 0.25) is 0 Å². The molecule has 0 saturated heterocycles. The van der Waals surface area contributed by atoms with Crippen molar-refractivity contribution in [3.8, 4) is 29.2 Å². The van der Waals surface area contributed by atoms with E-state index < -0.39 is 0 Å². The number of hydrogen-bond acceptors (Lipinski definition) is 1. The fourth-order valence-corrected chi connectivity index (χ4v) is 1.62. The van der Waals surface area contributed by atoms with Gasteiger partial charge in [0.15, 0.2) is 0 Å². The van der Waals surface area contributed by atoms with Crippen LogP contribution in [0.25, 0.3) is 11.1 Å². The molecule has 0 atom stereocenters. The molecule has 16 heavy (non-hydrogen) atoms. The predicted molar refractivity (Wildman–Crippen MR) is 66.4 cm³/mol. The fourth-order valence-electron chi connectivity index (χ4n) is 1.62. The van der Waals surface area contributed by atoms with Crippen molar-refractivity contribution in [1.82, 2.24) is 0 Å². The maximum atomic E-state index is 5.38. The molecule has 0 heterocycles. The summed E-state index contributed by atoms with van der Waals surface area (Å²) in [5, 5.41) is 0. The molecule has 0 aliphatic heterocycles. The Labute approximate surface area is 95.7 Å². The molecule has 0 amide bonds. The van der Waals surface area contributed by atoms with Crippen molar-refractivity contribution in [1.29, 1.82) is 0 Å². The Morgan fingerprint density at radius 1 is 1.00 bits per heavy atom. The largest absolute Gasteiger partial charge is 0.495 e. The lowest BCUT2D eigenvalue weighted by atomic mass is 10.0. The highest BCUT2D eigenvalue weighted by Crippen LogP contribution is 2.26. The third kappa shape index (κ3) is 1.92. The summed E-state index contributed by atoms with van der Waals surface area (Å²) in [5.41, 5.74) is 3.04. The summed E-state index contributed by atoms with van der Waals surface area (Å²) in [6, 6.07) is 16.0. The highest BCUT2D eigenvalue weighted by molar-refractivity contribution is 5.67. The number of rotatable bonds is 2. The Morgan fingerprint density at radius 3 is 2.38 bits per heavy atom. The Kier molecular flexibility index (Phi) is 2.93. The van der Waals surface area contributed by atoms with Crippen molar-refractivity contribution in [3.05, 3.63) is 54.1 Å². The van der Waals surface area contributed by atoms with Gasteiger partial charge in [-0.25, -0.2) is 0 Å². The summed E-state index contributed by atoms with van der Waals surface area (Å²) in [6.45, 7) is 0. The van der Waals surface area contributed by atoms with Crippen molar-refractivity contribution in [2.24, 2.45) is 0 Å². The van der Waals surface area contributed by atoms with Crippen molar-refractivity contribution in [2.45, 2.75) is 0 Å². The van der Waals surface area contributed by atoms with Gasteiger partial charge in [0.2, 0.25) is 0 Å². The van der Waals surface area contributed by atoms with Crippen LogP contribution in [0.3, 0.4) is 0 Å². The molecule has 0 aromatic heterocycles. The molecule has 0 spiro atoms. The fraction of sp³-hybridized carbons (Fsp3) is 0.0667. The van der Waals surface area contributed by atoms with Crippen LogP contribution in [-0.4, -0.2) is 7.11 Å². The molecule has 0 bridgehead atoms. The number of benzene rings is 2. The van der Waals surface area contributed by atoms with E-state index in [0.717, 1.165) is 22.4 Å². The number of hydrogen-bond donors (Lipinski definition) is 0. The van der Waals surface area contributed by atoms with E-state index in [1.165, 1.54) is 0 Å². The lowest BCUT2D eigenvalue weighted by molar-refractivity contribution is 0.414. The number of methoxy groups -OCH3 is 1. The molecule has 2 rings (SSSR count). The minimum Gasteiger partial charge on any atom is -0.495 e. The zero-order valence-corrected chi connectivity index (χ0v) is 9.10. The zero-order valence-electron chi connectivity index (χ0n) is 9.10. The highest BCUT2D eigenvalue weighted by Gasteiger charge is 2.03. The molecule has 0 saturated carbocycles. The normalized spacial score (nSPS) is 9.50. The van der Waals surface area contributed by atoms with E-state index in [-0.39, 0.29) is 0 Å². The van der Waals surface area contributed by atoms with Gasteiger partial charge in [-0.2, -0.15) is 0 Å². The predicted octanol–water partition coefficient (Wildman–Crippen LogP) is 3.34. The summed E-state index contributed by atoms with van der Waals surface area (Å²) in [6.07, 6.45) is 5.38. The molecule has 2 aromatic rings. The lowest BCUT2D eigenvalue weighted by Gasteiger charge is -2.07. The summed E-state index contributed by atoms with van der Waals surface area (Å²) < 4.78 is 5.26. The summed E-state index contributed by atoms with van der Waals surface area (Å²) in [5.74, 6) is 3.34. The van der Waals surface area contributed by atoms with Gasteiger partial charge >= 0.3 is 0 Å². The minimum atomic E-state index is 0.740. The maximum Gasteiger partial charge on any atom is 0.135 e. The highest BCUT2D eigenvalue weighted by atomic mass is 16.5. The van der Waals surface area contributed by atoms with Crippen LogP contribution in [-0.2, 0) is 0 Å². The molecule has 2 aromatic carbocycles. The van der Waals surface area contributed by atoms with E-state index in [4.69, 9.17) is 11.2 Å². The first-order valence-corrected chi connectivity index (χ1v) is 5.05. The molecule has 0 N–H and O–H groups in total. The van der Waals surface area contributed by atoms with Gasteiger partial charge in [0, 0.05) is 0 Å². The minimum absolute atomic E-state index is 0.740. The topological polar surface area (TPSA) is 9.23 Å². The van der Waals surface area contributed by atoms with Gasteiger partial charge in [-0.05, 0) is 23.3 Å². The molecule has 0 aliphatic rings. The van der Waals surface area contributed by atoms with E-state index in [1.54, 1.807) is 7.11 Å². The SMILES string of the molecule is C#Cc1ccc(-c2ccccc2)cc1OC. The number of ether oxygens (including phenoxy) is 1. The van der Waals surface area contributed by atoms with Crippen LogP contribution in [0.4, 0.5) is 0 Å². The van der Waals surface area contributed by atoms with E-state index >= 15 is 0 Å². The third-order valence-electron chi connectivity index (χ3n) is 2.46. The Balaban J connectivity index is 2.49. The second kappa shape index (κ2) is 4.55. The summed E-state index contributed by atoms with van der Waals surface area (Å²) in [4.78, 5) is 0. The van der Waals surface area contributed by atoms with Crippen LogP contribution >= 0.6 is 0 Å². The zero-order chi connectivity index (χ0) is 11.4. The second-order valence-corrected chi connectivity index (χ2v) is 3.43. The van der Waals surface area contributed by atoms with Gasteiger partial charge in [0.1, 0.15) is 5.75 Å². The van der Waals surface area contributed by atoms with Gasteiger partial charge in [-0.15, -0.1) is 6.42 Å².